The molecule has 3 rings (SSSR count). The molecule has 1 saturated heterocycles. The molecule has 0 saturated carbocycles. The van der Waals surface area contributed by atoms with Crippen LogP contribution in [0.3, 0.4) is 0 Å². The summed E-state index contributed by atoms with van der Waals surface area (Å²) >= 11 is 0. The minimum Gasteiger partial charge on any atom is -0.354 e. The summed E-state index contributed by atoms with van der Waals surface area (Å²) < 4.78 is 2.43. The molecule has 1 aliphatic heterocycles. The van der Waals surface area contributed by atoms with Crippen LogP contribution in [0, 0.1) is 5.41 Å². The summed E-state index contributed by atoms with van der Waals surface area (Å²) in [7, 11) is 0. The second kappa shape index (κ2) is 9.71. The molecular formula is C20H27ClN4O3. The Morgan fingerprint density at radius 1 is 1.14 bits per heavy atom. The van der Waals surface area contributed by atoms with Crippen molar-refractivity contribution in [3.8, 4) is 0 Å². The minimum atomic E-state index is -0.477. The van der Waals surface area contributed by atoms with Gasteiger partial charge in [0.1, 0.15) is 6.54 Å². The molecule has 152 valence electrons. The van der Waals surface area contributed by atoms with Crippen molar-refractivity contribution in [3.63, 3.8) is 0 Å². The molecule has 0 spiro atoms. The summed E-state index contributed by atoms with van der Waals surface area (Å²) in [4.78, 5) is 37.1. The first-order valence-electron chi connectivity index (χ1n) is 9.28. The fourth-order valence-corrected chi connectivity index (χ4v) is 3.32. The molecule has 0 unspecified atom stereocenters. The maximum atomic E-state index is 12.6. The van der Waals surface area contributed by atoms with Crippen LogP contribution in [-0.2, 0) is 17.9 Å². The lowest BCUT2D eigenvalue weighted by atomic mass is 9.81. The van der Waals surface area contributed by atoms with E-state index in [1.54, 1.807) is 0 Å². The number of benzene rings is 1. The van der Waals surface area contributed by atoms with E-state index in [1.807, 2.05) is 30.3 Å². The molecule has 2 aromatic rings. The highest BCUT2D eigenvalue weighted by Gasteiger charge is 2.27. The van der Waals surface area contributed by atoms with Gasteiger partial charge in [-0.1, -0.05) is 37.3 Å². The van der Waals surface area contributed by atoms with Crippen LogP contribution in [-0.4, -0.2) is 34.7 Å². The van der Waals surface area contributed by atoms with Gasteiger partial charge in [-0.2, -0.15) is 0 Å². The zero-order chi connectivity index (χ0) is 19.3. The van der Waals surface area contributed by atoms with Crippen LogP contribution >= 0.6 is 12.4 Å². The molecule has 1 aromatic heterocycles. The van der Waals surface area contributed by atoms with Gasteiger partial charge in [0.15, 0.2) is 0 Å². The van der Waals surface area contributed by atoms with Crippen molar-refractivity contribution in [1.82, 2.24) is 19.8 Å². The predicted molar refractivity (Wildman–Crippen MR) is 111 cm³/mol. The Kier molecular flexibility index (Phi) is 7.60. The summed E-state index contributed by atoms with van der Waals surface area (Å²) in [6.45, 7) is 4.67. The molecule has 0 atom stereocenters. The monoisotopic (exact) mass is 406 g/mol. The SMILES string of the molecule is CC1(CNC(=O)Cn2c(=O)ccn(Cc3ccccc3)c2=O)CCNCC1.Cl. The average Bonchev–Trinajstić information content (AvgIpc) is 2.67. The molecule has 0 bridgehead atoms. The number of carbonyl (C=O) groups excluding carboxylic acids is 1. The average molecular weight is 407 g/mol. The molecule has 2 heterocycles. The molecule has 1 amide bonds. The van der Waals surface area contributed by atoms with Crippen molar-refractivity contribution in [3.05, 3.63) is 69.0 Å². The van der Waals surface area contributed by atoms with E-state index < -0.39 is 11.2 Å². The molecule has 0 radical (unpaired) electrons. The Balaban J connectivity index is 0.00000280. The van der Waals surface area contributed by atoms with Crippen LogP contribution in [0.4, 0.5) is 0 Å². The first-order chi connectivity index (χ1) is 13.0. The first kappa shape index (κ1) is 21.9. The van der Waals surface area contributed by atoms with Gasteiger partial charge < -0.3 is 10.6 Å². The Morgan fingerprint density at radius 2 is 1.82 bits per heavy atom. The molecule has 8 heteroatoms. The third-order valence-corrected chi connectivity index (χ3v) is 5.16. The summed E-state index contributed by atoms with van der Waals surface area (Å²) in [6.07, 6.45) is 3.45. The van der Waals surface area contributed by atoms with Gasteiger partial charge in [-0.05, 0) is 36.9 Å². The van der Waals surface area contributed by atoms with Gasteiger partial charge in [0.25, 0.3) is 5.56 Å². The van der Waals surface area contributed by atoms with E-state index in [4.69, 9.17) is 0 Å². The zero-order valence-corrected chi connectivity index (χ0v) is 16.8. The van der Waals surface area contributed by atoms with Gasteiger partial charge >= 0.3 is 5.69 Å². The Morgan fingerprint density at radius 3 is 2.50 bits per heavy atom. The van der Waals surface area contributed by atoms with Gasteiger partial charge in [0, 0.05) is 18.8 Å². The number of halogens is 1. The molecule has 1 aromatic carbocycles. The standard InChI is InChI=1S/C20H26N4O3.ClH/c1-20(8-10-21-11-9-20)15-22-17(25)14-24-18(26)7-12-23(19(24)27)13-16-5-3-2-4-6-16;/h2-7,12,21H,8-11,13-15H2,1H3,(H,22,25);1H. The fraction of sp³-hybridized carbons (Fsp3) is 0.450. The molecule has 1 fully saturated rings. The van der Waals surface area contributed by atoms with Crippen LogP contribution < -0.4 is 21.9 Å². The number of nitrogens with one attached hydrogen (secondary N) is 2. The molecule has 1 aliphatic rings. The largest absolute Gasteiger partial charge is 0.354 e. The van der Waals surface area contributed by atoms with E-state index in [0.717, 1.165) is 36.1 Å². The van der Waals surface area contributed by atoms with Gasteiger partial charge in [0.05, 0.1) is 6.54 Å². The maximum absolute atomic E-state index is 12.6. The van der Waals surface area contributed by atoms with Crippen molar-refractivity contribution in [2.75, 3.05) is 19.6 Å². The van der Waals surface area contributed by atoms with Gasteiger partial charge in [-0.25, -0.2) is 4.79 Å². The topological polar surface area (TPSA) is 85.1 Å². The number of aromatic nitrogens is 2. The predicted octanol–water partition coefficient (Wildman–Crippen LogP) is 0.986. The van der Waals surface area contributed by atoms with E-state index in [1.165, 1.54) is 16.8 Å². The lowest BCUT2D eigenvalue weighted by Crippen LogP contribution is -2.46. The Bertz CT molecular complexity index is 902. The number of hydrogen-bond donors (Lipinski definition) is 2. The number of amides is 1. The molecule has 0 aliphatic carbocycles. The Labute approximate surface area is 170 Å². The van der Waals surface area contributed by atoms with Crippen molar-refractivity contribution in [1.29, 1.82) is 0 Å². The first-order valence-corrected chi connectivity index (χ1v) is 9.28. The van der Waals surface area contributed by atoms with Crippen molar-refractivity contribution in [2.24, 2.45) is 5.41 Å². The van der Waals surface area contributed by atoms with Crippen molar-refractivity contribution < 1.29 is 4.79 Å². The summed E-state index contributed by atoms with van der Waals surface area (Å²) in [5, 5.41) is 6.20. The number of nitrogens with zero attached hydrogens (tertiary/aromatic N) is 2. The van der Waals surface area contributed by atoms with Crippen LogP contribution in [0.5, 0.6) is 0 Å². The highest BCUT2D eigenvalue weighted by atomic mass is 35.5. The summed E-state index contributed by atoms with van der Waals surface area (Å²) in [5.74, 6) is -0.314. The lowest BCUT2D eigenvalue weighted by molar-refractivity contribution is -0.122. The van der Waals surface area contributed by atoms with Crippen LogP contribution in [0.2, 0.25) is 0 Å². The van der Waals surface area contributed by atoms with E-state index >= 15 is 0 Å². The fourth-order valence-electron chi connectivity index (χ4n) is 3.32. The van der Waals surface area contributed by atoms with Crippen molar-refractivity contribution in [2.45, 2.75) is 32.9 Å². The van der Waals surface area contributed by atoms with E-state index in [0.29, 0.717) is 13.1 Å². The third-order valence-electron chi connectivity index (χ3n) is 5.16. The number of rotatable bonds is 6. The zero-order valence-electron chi connectivity index (χ0n) is 16.0. The smallest absolute Gasteiger partial charge is 0.331 e. The third kappa shape index (κ3) is 5.56. The Hall–Kier alpha value is -2.38. The molecule has 2 N–H and O–H groups in total. The normalized spacial score (nSPS) is 15.5. The molecule has 28 heavy (non-hydrogen) atoms. The number of hydrogen-bond acceptors (Lipinski definition) is 4. The quantitative estimate of drug-likeness (QED) is 0.749. The molecule has 7 nitrogen and oxygen atoms in total. The minimum absolute atomic E-state index is 0. The van der Waals surface area contributed by atoms with Gasteiger partial charge in [-0.3, -0.25) is 18.7 Å². The number of piperidine rings is 1. The molecular weight excluding hydrogens is 380 g/mol. The van der Waals surface area contributed by atoms with Crippen LogP contribution in [0.15, 0.2) is 52.2 Å². The second-order valence-electron chi connectivity index (χ2n) is 7.47. The lowest BCUT2D eigenvalue weighted by Gasteiger charge is -2.34. The van der Waals surface area contributed by atoms with Gasteiger partial charge in [0.2, 0.25) is 5.91 Å². The number of carbonyl (C=O) groups is 1. The highest BCUT2D eigenvalue weighted by molar-refractivity contribution is 5.85. The second-order valence-corrected chi connectivity index (χ2v) is 7.47. The summed E-state index contributed by atoms with van der Waals surface area (Å²) in [5.41, 5.74) is 0.0611. The van der Waals surface area contributed by atoms with E-state index in [-0.39, 0.29) is 30.3 Å². The van der Waals surface area contributed by atoms with Crippen molar-refractivity contribution >= 4 is 18.3 Å². The van der Waals surface area contributed by atoms with E-state index in [2.05, 4.69) is 17.6 Å². The highest BCUT2D eigenvalue weighted by Crippen LogP contribution is 2.26. The van der Waals surface area contributed by atoms with Crippen LogP contribution in [0.1, 0.15) is 25.3 Å². The summed E-state index contributed by atoms with van der Waals surface area (Å²) in [6, 6.07) is 10.8. The van der Waals surface area contributed by atoms with Crippen LogP contribution in [0.25, 0.3) is 0 Å². The van der Waals surface area contributed by atoms with Gasteiger partial charge in [-0.15, -0.1) is 12.4 Å². The maximum Gasteiger partial charge on any atom is 0.331 e. The van der Waals surface area contributed by atoms with E-state index in [9.17, 15) is 14.4 Å².